The predicted octanol–water partition coefficient (Wildman–Crippen LogP) is 2.45. The maximum atomic E-state index is 12.0. The van der Waals surface area contributed by atoms with Gasteiger partial charge in [-0.25, -0.2) is 5.53 Å². The number of H-pyrrole nitrogens is 1. The summed E-state index contributed by atoms with van der Waals surface area (Å²) < 4.78 is 0. The molecule has 4 aliphatic rings. The minimum Gasteiger partial charge on any atom is -0.481 e. The average Bonchev–Trinajstić information content (AvgIpc) is 3.12. The van der Waals surface area contributed by atoms with Gasteiger partial charge in [0, 0.05) is 5.22 Å². The molecule has 5 rings (SSSR count). The monoisotopic (exact) mass is 422 g/mol. The number of aliphatic imine (C=N–C) groups is 1. The van der Waals surface area contributed by atoms with Crippen LogP contribution in [0.25, 0.3) is 12.2 Å². The molecule has 3 fully saturated rings. The second kappa shape index (κ2) is 9.02. The van der Waals surface area contributed by atoms with E-state index in [-0.39, 0.29) is 30.5 Å². The van der Waals surface area contributed by atoms with E-state index in [0.29, 0.717) is 5.84 Å². The number of fused-ring (bicyclic) bond motifs is 4. The lowest BCUT2D eigenvalue weighted by Gasteiger charge is -2.45. The van der Waals surface area contributed by atoms with Gasteiger partial charge in [0.15, 0.2) is 0 Å². The Morgan fingerprint density at radius 1 is 1.39 bits per heavy atom. The third kappa shape index (κ3) is 4.39. The number of hydrogen-bond acceptors (Lipinski definition) is 5. The van der Waals surface area contributed by atoms with Crippen LogP contribution in [0.2, 0.25) is 0 Å². The van der Waals surface area contributed by atoms with E-state index in [1.165, 1.54) is 0 Å². The van der Waals surface area contributed by atoms with Crippen molar-refractivity contribution < 1.29 is 9.90 Å². The van der Waals surface area contributed by atoms with Crippen LogP contribution in [0.1, 0.15) is 57.7 Å². The van der Waals surface area contributed by atoms with Gasteiger partial charge in [-0.05, 0) is 75.5 Å². The molecule has 8 heteroatoms. The van der Waals surface area contributed by atoms with Crippen LogP contribution in [0.3, 0.4) is 0 Å². The number of carboxylic acids is 1. The van der Waals surface area contributed by atoms with Crippen molar-refractivity contribution in [2.24, 2.45) is 27.9 Å². The van der Waals surface area contributed by atoms with Crippen molar-refractivity contribution in [3.05, 3.63) is 33.6 Å². The molecule has 3 unspecified atom stereocenters. The van der Waals surface area contributed by atoms with Crippen molar-refractivity contribution in [3.63, 3.8) is 0 Å². The first-order valence-corrected chi connectivity index (χ1v) is 11.0. The average molecular weight is 423 g/mol. The highest BCUT2D eigenvalue weighted by atomic mass is 16.4. The van der Waals surface area contributed by atoms with Crippen molar-refractivity contribution in [1.29, 1.82) is 5.53 Å². The summed E-state index contributed by atoms with van der Waals surface area (Å²) in [5.74, 6) is -0.158. The zero-order chi connectivity index (χ0) is 22.0. The lowest BCUT2D eigenvalue weighted by molar-refractivity contribution is -0.148. The van der Waals surface area contributed by atoms with Gasteiger partial charge >= 0.3 is 5.97 Å². The highest BCUT2D eigenvalue weighted by Gasteiger charge is 2.47. The molecule has 4 N–H and O–H groups in total. The van der Waals surface area contributed by atoms with Crippen LogP contribution < -0.4 is 15.9 Å². The van der Waals surface area contributed by atoms with Crippen LogP contribution in [-0.4, -0.2) is 39.7 Å². The quantitative estimate of drug-likeness (QED) is 0.243. The fourth-order valence-corrected chi connectivity index (χ4v) is 5.32. The summed E-state index contributed by atoms with van der Waals surface area (Å²) >= 11 is 0. The summed E-state index contributed by atoms with van der Waals surface area (Å²) in [5.41, 5.74) is 12.5. The van der Waals surface area contributed by atoms with E-state index in [9.17, 15) is 9.90 Å². The Morgan fingerprint density at radius 2 is 2.13 bits per heavy atom. The Balaban J connectivity index is 1.63. The maximum Gasteiger partial charge on any atom is 0.308 e. The van der Waals surface area contributed by atoms with E-state index >= 15 is 0 Å². The van der Waals surface area contributed by atoms with Crippen LogP contribution >= 0.6 is 0 Å². The van der Waals surface area contributed by atoms with Crippen molar-refractivity contribution >= 4 is 24.0 Å². The summed E-state index contributed by atoms with van der Waals surface area (Å²) in [5, 5.41) is 26.4. The molecule has 0 radical (unpaired) electrons. The summed E-state index contributed by atoms with van der Waals surface area (Å²) in [6.45, 7) is 4.12. The smallest absolute Gasteiger partial charge is 0.308 e. The fraction of sp³-hybridized carbons (Fsp3) is 0.565. The van der Waals surface area contributed by atoms with Crippen molar-refractivity contribution in [3.8, 4) is 0 Å². The molecule has 164 valence electrons. The molecule has 4 aliphatic carbocycles. The van der Waals surface area contributed by atoms with Gasteiger partial charge in [-0.15, -0.1) is 5.73 Å². The number of amidine groups is 1. The first kappa shape index (κ1) is 21.2. The van der Waals surface area contributed by atoms with Gasteiger partial charge in [-0.2, -0.15) is 10.2 Å². The zero-order valence-electron chi connectivity index (χ0n) is 18.1. The summed E-state index contributed by atoms with van der Waals surface area (Å²) in [4.78, 5) is 16.8. The lowest BCUT2D eigenvalue weighted by atomic mass is 9.62. The number of carboxylic acid groups (broad SMARTS) is 1. The summed E-state index contributed by atoms with van der Waals surface area (Å²) in [6, 6.07) is -0.429. The number of nitrogens with zero attached hydrogens (tertiary/aromatic N) is 3. The first-order valence-electron chi connectivity index (χ1n) is 11.0. The lowest BCUT2D eigenvalue weighted by Crippen LogP contribution is -2.48. The van der Waals surface area contributed by atoms with Crippen molar-refractivity contribution in [2.45, 2.75) is 58.0 Å². The van der Waals surface area contributed by atoms with E-state index in [1.807, 2.05) is 19.9 Å². The largest absolute Gasteiger partial charge is 0.481 e. The van der Waals surface area contributed by atoms with Crippen LogP contribution in [0.4, 0.5) is 0 Å². The van der Waals surface area contributed by atoms with Gasteiger partial charge in [0.2, 0.25) is 0 Å². The van der Waals surface area contributed by atoms with Crippen molar-refractivity contribution in [2.75, 3.05) is 6.54 Å². The normalized spacial score (nSPS) is 29.4. The number of carbonyl (C=O) groups is 1. The standard InChI is InChI=1S/C23H30N6O2/c1-13-5-3-4-6-18-17(11-13)21(29-28-18)14(2)26-19(12-25-24)27-22-16-9-7-15(8-10-16)20(22)23(30)31/h3,6,11,14-16,20,22,24,28H,4,7-10,12H2,1-2H3,(H,26,27)(H,30,31)/b17-11?,18-6-,25-24?. The molecule has 1 heterocycles. The SMILES string of the molecule is CC1=C=CC/C=c2\[nH]nc(C(C)NC(CN=N)=NC3C4CCC(CC4)C3C(=O)O)c2=C1. The third-order valence-corrected chi connectivity index (χ3v) is 6.78. The summed E-state index contributed by atoms with van der Waals surface area (Å²) in [7, 11) is 0. The molecule has 0 aliphatic heterocycles. The van der Waals surface area contributed by atoms with E-state index in [2.05, 4.69) is 38.5 Å². The number of aromatic nitrogens is 2. The minimum absolute atomic E-state index is 0.106. The predicted molar refractivity (Wildman–Crippen MR) is 118 cm³/mol. The van der Waals surface area contributed by atoms with Gasteiger partial charge < -0.3 is 10.4 Å². The number of aromatic amines is 1. The summed E-state index contributed by atoms with van der Waals surface area (Å²) in [6.07, 6.45) is 10.9. The Morgan fingerprint density at radius 3 is 2.84 bits per heavy atom. The van der Waals surface area contributed by atoms with Gasteiger partial charge in [0.1, 0.15) is 12.4 Å². The van der Waals surface area contributed by atoms with Crippen LogP contribution in [-0.2, 0) is 4.79 Å². The van der Waals surface area contributed by atoms with Crippen molar-refractivity contribution in [1.82, 2.24) is 15.5 Å². The highest BCUT2D eigenvalue weighted by Crippen LogP contribution is 2.46. The highest BCUT2D eigenvalue weighted by molar-refractivity contribution is 5.85. The Labute approximate surface area is 181 Å². The molecular formula is C23H30N6O2. The van der Waals surface area contributed by atoms with E-state index in [4.69, 9.17) is 10.5 Å². The van der Waals surface area contributed by atoms with Gasteiger partial charge in [-0.3, -0.25) is 14.9 Å². The topological polar surface area (TPSA) is 127 Å². The molecule has 8 nitrogen and oxygen atoms in total. The minimum atomic E-state index is -0.757. The molecule has 1 aromatic heterocycles. The van der Waals surface area contributed by atoms with Gasteiger partial charge in [-0.1, -0.05) is 6.08 Å². The third-order valence-electron chi connectivity index (χ3n) is 6.78. The Kier molecular flexibility index (Phi) is 6.18. The Hall–Kier alpha value is -2.99. The molecule has 31 heavy (non-hydrogen) atoms. The van der Waals surface area contributed by atoms with E-state index in [0.717, 1.165) is 53.9 Å². The molecule has 0 saturated heterocycles. The molecule has 2 bridgehead atoms. The maximum absolute atomic E-state index is 12.0. The number of allylic oxidation sites excluding steroid dienone is 1. The van der Waals surface area contributed by atoms with E-state index < -0.39 is 11.9 Å². The molecule has 0 amide bonds. The second-order valence-corrected chi connectivity index (χ2v) is 8.84. The molecule has 3 atom stereocenters. The fourth-order valence-electron chi connectivity index (χ4n) is 5.32. The molecule has 1 aromatic rings. The molecule has 0 spiro atoms. The second-order valence-electron chi connectivity index (χ2n) is 8.84. The van der Waals surface area contributed by atoms with Crippen LogP contribution in [0, 0.1) is 23.3 Å². The van der Waals surface area contributed by atoms with E-state index in [1.54, 1.807) is 0 Å². The first-order chi connectivity index (χ1) is 15.0. The van der Waals surface area contributed by atoms with Crippen LogP contribution in [0.15, 0.2) is 27.5 Å². The zero-order valence-corrected chi connectivity index (χ0v) is 18.1. The number of aliphatic carboxylic acids is 1. The molecular weight excluding hydrogens is 392 g/mol. The Bertz CT molecular complexity index is 1070. The number of nitrogens with one attached hydrogen (secondary N) is 3. The molecule has 3 saturated carbocycles. The number of hydrogen-bond donors (Lipinski definition) is 4. The van der Waals surface area contributed by atoms with Gasteiger partial charge in [0.25, 0.3) is 0 Å². The van der Waals surface area contributed by atoms with Gasteiger partial charge in [0.05, 0.1) is 29.0 Å². The molecule has 0 aromatic carbocycles. The van der Waals surface area contributed by atoms with Crippen LogP contribution in [0.5, 0.6) is 0 Å². The number of rotatable bonds is 6.